The lowest BCUT2D eigenvalue weighted by atomic mass is 10.2. The van der Waals surface area contributed by atoms with Gasteiger partial charge < -0.3 is 15.0 Å². The van der Waals surface area contributed by atoms with E-state index < -0.39 is 0 Å². The summed E-state index contributed by atoms with van der Waals surface area (Å²) in [5, 5.41) is 2.91. The molecule has 4 nitrogen and oxygen atoms in total. The number of urea groups is 1. The van der Waals surface area contributed by atoms with Crippen LogP contribution in [0.1, 0.15) is 20.3 Å². The minimum atomic E-state index is 0.0314. The molecule has 0 spiro atoms. The van der Waals surface area contributed by atoms with E-state index in [1.54, 1.807) is 0 Å². The summed E-state index contributed by atoms with van der Waals surface area (Å²) in [6.45, 7) is 10.3. The Morgan fingerprint density at radius 2 is 2.33 bits per heavy atom. The molecule has 0 aromatic carbocycles. The molecule has 0 bridgehead atoms. The Bertz CT molecular complexity index is 284. The molecule has 1 fully saturated rings. The summed E-state index contributed by atoms with van der Waals surface area (Å²) in [5.74, 6) is 2.18. The number of nitrogens with one attached hydrogen (secondary N) is 1. The fraction of sp³-hybridized carbons (Fsp3) is 0.769. The molecule has 0 aromatic heterocycles. The van der Waals surface area contributed by atoms with Gasteiger partial charge in [-0.25, -0.2) is 4.79 Å². The van der Waals surface area contributed by atoms with Crippen LogP contribution in [0, 0.1) is 0 Å². The first-order valence-electron chi connectivity index (χ1n) is 6.45. The standard InChI is InChI=1S/C13H24N2O2S/c1-11(2)10-17-7-5-14-13(16)15-6-9-18-8-4-12(15)3/h12H,1,4-10H2,2-3H3,(H,14,16)/t12-/m1/s1. The number of thioether (sulfide) groups is 1. The molecule has 0 unspecified atom stereocenters. The van der Waals surface area contributed by atoms with Gasteiger partial charge >= 0.3 is 6.03 Å². The van der Waals surface area contributed by atoms with Crippen molar-refractivity contribution < 1.29 is 9.53 Å². The van der Waals surface area contributed by atoms with Crippen LogP contribution in [-0.2, 0) is 4.74 Å². The Hall–Kier alpha value is -0.680. The summed E-state index contributed by atoms with van der Waals surface area (Å²) in [6, 6.07) is 0.361. The van der Waals surface area contributed by atoms with Crippen molar-refractivity contribution in [1.82, 2.24) is 10.2 Å². The van der Waals surface area contributed by atoms with Crippen molar-refractivity contribution in [2.24, 2.45) is 0 Å². The van der Waals surface area contributed by atoms with Gasteiger partial charge in [-0.05, 0) is 26.0 Å². The van der Waals surface area contributed by atoms with Gasteiger partial charge in [-0.15, -0.1) is 0 Å². The number of hydrogen-bond acceptors (Lipinski definition) is 3. The number of carbonyl (C=O) groups excluding carboxylic acids is 1. The molecule has 1 heterocycles. The van der Waals surface area contributed by atoms with E-state index in [9.17, 15) is 4.79 Å². The molecule has 18 heavy (non-hydrogen) atoms. The molecular formula is C13H24N2O2S. The molecule has 1 saturated heterocycles. The zero-order valence-electron chi connectivity index (χ0n) is 11.4. The first-order chi connectivity index (χ1) is 8.61. The summed E-state index contributed by atoms with van der Waals surface area (Å²) in [7, 11) is 0. The molecule has 0 aliphatic carbocycles. The van der Waals surface area contributed by atoms with Gasteiger partial charge in [0.05, 0.1) is 13.2 Å². The maximum absolute atomic E-state index is 12.0. The highest BCUT2D eigenvalue weighted by Crippen LogP contribution is 2.15. The van der Waals surface area contributed by atoms with E-state index in [1.807, 2.05) is 23.6 Å². The number of hydrogen-bond donors (Lipinski definition) is 1. The van der Waals surface area contributed by atoms with E-state index >= 15 is 0 Å². The quantitative estimate of drug-likeness (QED) is 0.616. The zero-order chi connectivity index (χ0) is 13.4. The van der Waals surface area contributed by atoms with Crippen LogP contribution in [0.15, 0.2) is 12.2 Å². The maximum atomic E-state index is 12.0. The van der Waals surface area contributed by atoms with Gasteiger partial charge in [-0.2, -0.15) is 11.8 Å². The van der Waals surface area contributed by atoms with Crippen LogP contribution in [0.2, 0.25) is 0 Å². The van der Waals surface area contributed by atoms with Crippen molar-refractivity contribution in [1.29, 1.82) is 0 Å². The SMILES string of the molecule is C=C(C)COCCNC(=O)N1CCSCC[C@H]1C. The lowest BCUT2D eigenvalue weighted by Gasteiger charge is -2.27. The monoisotopic (exact) mass is 272 g/mol. The molecule has 104 valence electrons. The van der Waals surface area contributed by atoms with Crippen LogP contribution in [0.25, 0.3) is 0 Å². The predicted octanol–water partition coefficient (Wildman–Crippen LogP) is 2.12. The van der Waals surface area contributed by atoms with Crippen molar-refractivity contribution in [3.8, 4) is 0 Å². The van der Waals surface area contributed by atoms with E-state index in [0.29, 0.717) is 25.8 Å². The van der Waals surface area contributed by atoms with Gasteiger partial charge in [0.1, 0.15) is 0 Å². The van der Waals surface area contributed by atoms with Crippen molar-refractivity contribution in [2.45, 2.75) is 26.3 Å². The molecular weight excluding hydrogens is 248 g/mol. The Kier molecular flexibility index (Phi) is 7.20. The second-order valence-corrected chi connectivity index (χ2v) is 5.91. The fourth-order valence-electron chi connectivity index (χ4n) is 1.77. The molecule has 0 aromatic rings. The van der Waals surface area contributed by atoms with E-state index in [0.717, 1.165) is 30.0 Å². The lowest BCUT2D eigenvalue weighted by molar-refractivity contribution is 0.149. The molecule has 1 rings (SSSR count). The third kappa shape index (κ3) is 5.78. The predicted molar refractivity (Wildman–Crippen MR) is 77.1 cm³/mol. The summed E-state index contributed by atoms with van der Waals surface area (Å²) >= 11 is 1.92. The summed E-state index contributed by atoms with van der Waals surface area (Å²) in [4.78, 5) is 13.9. The highest BCUT2D eigenvalue weighted by atomic mass is 32.2. The molecule has 0 radical (unpaired) electrons. The van der Waals surface area contributed by atoms with E-state index in [4.69, 9.17) is 4.74 Å². The number of carbonyl (C=O) groups is 1. The second-order valence-electron chi connectivity index (χ2n) is 4.69. The van der Waals surface area contributed by atoms with Crippen molar-refractivity contribution in [2.75, 3.05) is 37.8 Å². The van der Waals surface area contributed by atoms with Gasteiger partial charge in [0.2, 0.25) is 0 Å². The van der Waals surface area contributed by atoms with Crippen LogP contribution in [-0.4, -0.2) is 54.8 Å². The van der Waals surface area contributed by atoms with Crippen LogP contribution in [0.4, 0.5) is 4.79 Å². The molecule has 1 N–H and O–H groups in total. The molecule has 1 aliphatic heterocycles. The summed E-state index contributed by atoms with van der Waals surface area (Å²) in [6.07, 6.45) is 1.07. The maximum Gasteiger partial charge on any atom is 0.317 e. The molecule has 2 amide bonds. The molecule has 5 heteroatoms. The topological polar surface area (TPSA) is 41.6 Å². The number of rotatable bonds is 5. The Morgan fingerprint density at radius 3 is 3.06 bits per heavy atom. The van der Waals surface area contributed by atoms with Crippen molar-refractivity contribution in [3.63, 3.8) is 0 Å². The first kappa shape index (κ1) is 15.4. The van der Waals surface area contributed by atoms with E-state index in [1.165, 1.54) is 0 Å². The van der Waals surface area contributed by atoms with Crippen LogP contribution >= 0.6 is 11.8 Å². The average molecular weight is 272 g/mol. The van der Waals surface area contributed by atoms with E-state index in [2.05, 4.69) is 18.8 Å². The Morgan fingerprint density at radius 1 is 1.56 bits per heavy atom. The minimum absolute atomic E-state index is 0.0314. The number of ether oxygens (including phenoxy) is 1. The molecule has 1 atom stereocenters. The normalized spacial score (nSPS) is 20.3. The largest absolute Gasteiger partial charge is 0.375 e. The van der Waals surface area contributed by atoms with Gasteiger partial charge in [0.15, 0.2) is 0 Å². The molecule has 0 saturated carbocycles. The van der Waals surface area contributed by atoms with Crippen LogP contribution < -0.4 is 5.32 Å². The third-order valence-electron chi connectivity index (χ3n) is 2.82. The second kappa shape index (κ2) is 8.43. The Balaban J connectivity index is 2.20. The van der Waals surface area contributed by atoms with Gasteiger partial charge in [-0.1, -0.05) is 12.2 Å². The summed E-state index contributed by atoms with van der Waals surface area (Å²) in [5.41, 5.74) is 1.000. The zero-order valence-corrected chi connectivity index (χ0v) is 12.2. The third-order valence-corrected chi connectivity index (χ3v) is 3.82. The summed E-state index contributed by atoms with van der Waals surface area (Å²) < 4.78 is 5.35. The highest BCUT2D eigenvalue weighted by molar-refractivity contribution is 7.99. The molecule has 1 aliphatic rings. The smallest absolute Gasteiger partial charge is 0.317 e. The van der Waals surface area contributed by atoms with Crippen molar-refractivity contribution in [3.05, 3.63) is 12.2 Å². The van der Waals surface area contributed by atoms with E-state index in [-0.39, 0.29) is 6.03 Å². The minimum Gasteiger partial charge on any atom is -0.375 e. The van der Waals surface area contributed by atoms with Crippen LogP contribution in [0.3, 0.4) is 0 Å². The first-order valence-corrected chi connectivity index (χ1v) is 7.61. The number of amides is 2. The van der Waals surface area contributed by atoms with Gasteiger partial charge in [0.25, 0.3) is 0 Å². The average Bonchev–Trinajstić information content (AvgIpc) is 2.53. The number of nitrogens with zero attached hydrogens (tertiary/aromatic N) is 1. The lowest BCUT2D eigenvalue weighted by Crippen LogP contribution is -2.46. The van der Waals surface area contributed by atoms with Crippen molar-refractivity contribution >= 4 is 17.8 Å². The Labute approximate surface area is 114 Å². The van der Waals surface area contributed by atoms with Gasteiger partial charge in [-0.3, -0.25) is 0 Å². The highest BCUT2D eigenvalue weighted by Gasteiger charge is 2.21. The van der Waals surface area contributed by atoms with Gasteiger partial charge in [0, 0.05) is 24.9 Å². The fourth-order valence-corrected chi connectivity index (χ4v) is 2.81. The van der Waals surface area contributed by atoms with Crippen LogP contribution in [0.5, 0.6) is 0 Å².